The van der Waals surface area contributed by atoms with Gasteiger partial charge in [-0.25, -0.2) is 9.48 Å². The summed E-state index contributed by atoms with van der Waals surface area (Å²) in [6.45, 7) is 5.78. The predicted octanol–water partition coefficient (Wildman–Crippen LogP) is 1.43. The number of anilines is 1. The quantitative estimate of drug-likeness (QED) is 0.673. The maximum Gasteiger partial charge on any atom is 0.337 e. The van der Waals surface area contributed by atoms with E-state index in [0.717, 1.165) is 11.3 Å². The molecule has 0 atom stereocenters. The van der Waals surface area contributed by atoms with Gasteiger partial charge in [-0.05, 0) is 30.7 Å². The van der Waals surface area contributed by atoms with Crippen molar-refractivity contribution >= 4 is 24.4 Å². The molecule has 0 amide bonds. The number of nitrogens with one attached hydrogen (secondary N) is 2. The summed E-state index contributed by atoms with van der Waals surface area (Å²) >= 11 is 0. The maximum absolute atomic E-state index is 12.7. The van der Waals surface area contributed by atoms with Gasteiger partial charge in [0.25, 0.3) is 5.56 Å². The fraction of sp³-hybridized carbons (Fsp3) is 0.0526. The van der Waals surface area contributed by atoms with Crippen LogP contribution in [0.3, 0.4) is 0 Å². The number of aryl methyl sites for hydroxylation is 1. The highest BCUT2D eigenvalue weighted by Gasteiger charge is 2.09. The summed E-state index contributed by atoms with van der Waals surface area (Å²) in [7, 11) is 0. The number of hydrogen-bond acceptors (Lipinski definition) is 3. The second-order valence-electron chi connectivity index (χ2n) is 5.57. The van der Waals surface area contributed by atoms with Gasteiger partial charge in [0.15, 0.2) is 0 Å². The van der Waals surface area contributed by atoms with E-state index in [1.807, 2.05) is 31.2 Å². The van der Waals surface area contributed by atoms with Gasteiger partial charge in [-0.3, -0.25) is 9.89 Å². The van der Waals surface area contributed by atoms with E-state index < -0.39 is 5.97 Å². The summed E-state index contributed by atoms with van der Waals surface area (Å²) in [4.78, 5) is 23.9. The molecule has 3 N–H and O–H groups in total. The molecule has 0 aliphatic heterocycles. The number of hydrogen-bond donors (Lipinski definition) is 3. The minimum absolute atomic E-state index is 0.124. The largest absolute Gasteiger partial charge is 0.478 e. The molecule has 2 aromatic carbocycles. The van der Waals surface area contributed by atoms with Crippen LogP contribution >= 0.6 is 0 Å². The molecule has 1 aromatic heterocycles. The Morgan fingerprint density at radius 2 is 1.88 bits per heavy atom. The number of carboxylic acids is 1. The third-order valence-corrected chi connectivity index (χ3v) is 3.89. The van der Waals surface area contributed by atoms with Crippen LogP contribution in [0.25, 0.3) is 18.5 Å². The Kier molecular flexibility index (Phi) is 4.26. The van der Waals surface area contributed by atoms with Crippen molar-refractivity contribution in [2.75, 3.05) is 5.32 Å². The van der Waals surface area contributed by atoms with Crippen molar-refractivity contribution in [2.45, 2.75) is 6.92 Å². The molecule has 25 heavy (non-hydrogen) atoms. The molecule has 6 heteroatoms. The second-order valence-corrected chi connectivity index (χ2v) is 5.57. The monoisotopic (exact) mass is 335 g/mol. The van der Waals surface area contributed by atoms with Crippen molar-refractivity contribution in [3.8, 4) is 5.69 Å². The molecule has 0 unspecified atom stereocenters. The minimum atomic E-state index is -1.04. The Hall–Kier alpha value is -3.54. The molecule has 3 rings (SSSR count). The Bertz CT molecular complexity index is 1110. The molecule has 0 bridgehead atoms. The number of aromatic amines is 1. The summed E-state index contributed by atoms with van der Waals surface area (Å²) < 4.78 is 1.42. The van der Waals surface area contributed by atoms with Crippen molar-refractivity contribution in [1.29, 1.82) is 0 Å². The van der Waals surface area contributed by atoms with Crippen molar-refractivity contribution < 1.29 is 9.90 Å². The summed E-state index contributed by atoms with van der Waals surface area (Å²) in [6, 6.07) is 14.0. The van der Waals surface area contributed by atoms with Crippen molar-refractivity contribution in [2.24, 2.45) is 0 Å². The van der Waals surface area contributed by atoms with E-state index in [-0.39, 0.29) is 11.1 Å². The zero-order chi connectivity index (χ0) is 18.0. The van der Waals surface area contributed by atoms with Crippen LogP contribution in [0.15, 0.2) is 53.3 Å². The van der Waals surface area contributed by atoms with Gasteiger partial charge in [0.1, 0.15) is 0 Å². The van der Waals surface area contributed by atoms with Gasteiger partial charge in [-0.1, -0.05) is 36.9 Å². The van der Waals surface area contributed by atoms with Crippen LogP contribution in [0.2, 0.25) is 0 Å². The molecular weight excluding hydrogens is 318 g/mol. The van der Waals surface area contributed by atoms with Crippen molar-refractivity contribution in [3.63, 3.8) is 0 Å². The van der Waals surface area contributed by atoms with E-state index in [0.29, 0.717) is 16.3 Å². The number of benzene rings is 2. The number of H-pyrrole nitrogens is 1. The molecule has 0 saturated heterocycles. The van der Waals surface area contributed by atoms with Crippen LogP contribution in [-0.2, 0) is 0 Å². The molecule has 1 heterocycles. The summed E-state index contributed by atoms with van der Waals surface area (Å²) in [6.07, 6.45) is 1.47. The number of para-hydroxylation sites is 2. The lowest BCUT2D eigenvalue weighted by Crippen LogP contribution is -2.35. The highest BCUT2D eigenvalue weighted by atomic mass is 16.4. The average Bonchev–Trinajstić information content (AvgIpc) is 2.88. The Morgan fingerprint density at radius 1 is 1.20 bits per heavy atom. The smallest absolute Gasteiger partial charge is 0.337 e. The molecule has 0 saturated carbocycles. The van der Waals surface area contributed by atoms with Gasteiger partial charge in [0, 0.05) is 6.20 Å². The number of aromatic carboxylic acids is 1. The van der Waals surface area contributed by atoms with Gasteiger partial charge in [-0.2, -0.15) is 0 Å². The van der Waals surface area contributed by atoms with E-state index in [1.54, 1.807) is 18.2 Å². The molecule has 126 valence electrons. The van der Waals surface area contributed by atoms with E-state index in [9.17, 15) is 14.7 Å². The first-order chi connectivity index (χ1) is 12.0. The molecule has 6 nitrogen and oxygen atoms in total. The number of aromatic nitrogens is 2. The number of carbonyl (C=O) groups is 1. The molecule has 3 aromatic rings. The molecule has 0 aliphatic carbocycles. The Balaban J connectivity index is 2.07. The van der Waals surface area contributed by atoms with Crippen LogP contribution in [0.1, 0.15) is 15.9 Å². The third-order valence-electron chi connectivity index (χ3n) is 3.89. The van der Waals surface area contributed by atoms with E-state index >= 15 is 0 Å². The maximum atomic E-state index is 12.7. The summed E-state index contributed by atoms with van der Waals surface area (Å²) in [5.41, 5.74) is 1.95. The average molecular weight is 335 g/mol. The highest BCUT2D eigenvalue weighted by molar-refractivity contribution is 5.94. The normalized spacial score (nSPS) is 11.5. The SMILES string of the molecule is C=c1[nH]n(-c2ccccc2C)c(=O)c1=CNc1ccccc1C(=O)O. The van der Waals surface area contributed by atoms with Crippen LogP contribution in [0, 0.1) is 6.92 Å². The number of carboxylic acid groups (broad SMARTS) is 1. The Morgan fingerprint density at radius 3 is 2.60 bits per heavy atom. The van der Waals surface area contributed by atoms with Crippen LogP contribution < -0.4 is 21.4 Å². The fourth-order valence-corrected chi connectivity index (χ4v) is 2.57. The first-order valence-electron chi connectivity index (χ1n) is 7.64. The zero-order valence-electron chi connectivity index (χ0n) is 13.6. The van der Waals surface area contributed by atoms with Gasteiger partial charge in [-0.15, -0.1) is 0 Å². The molecule has 0 spiro atoms. The van der Waals surface area contributed by atoms with E-state index in [4.69, 9.17) is 0 Å². The lowest BCUT2D eigenvalue weighted by molar-refractivity contribution is 0.0698. The molecule has 0 fully saturated rings. The van der Waals surface area contributed by atoms with Crippen LogP contribution in [-0.4, -0.2) is 20.9 Å². The van der Waals surface area contributed by atoms with Crippen molar-refractivity contribution in [1.82, 2.24) is 9.78 Å². The minimum Gasteiger partial charge on any atom is -0.478 e. The van der Waals surface area contributed by atoms with Gasteiger partial charge in [0.05, 0.1) is 27.5 Å². The lowest BCUT2D eigenvalue weighted by Gasteiger charge is -2.04. The summed E-state index contributed by atoms with van der Waals surface area (Å²) in [5, 5.41) is 15.8. The first-order valence-corrected chi connectivity index (χ1v) is 7.64. The Labute approximate surface area is 143 Å². The summed E-state index contributed by atoms with van der Waals surface area (Å²) in [5.74, 6) is -1.04. The van der Waals surface area contributed by atoms with Gasteiger partial charge < -0.3 is 10.4 Å². The van der Waals surface area contributed by atoms with E-state index in [1.165, 1.54) is 16.9 Å². The molecule has 0 aliphatic rings. The number of nitrogens with zero attached hydrogens (tertiary/aromatic N) is 1. The van der Waals surface area contributed by atoms with Crippen LogP contribution in [0.5, 0.6) is 0 Å². The first kappa shape index (κ1) is 16.3. The third kappa shape index (κ3) is 3.10. The molecular formula is C19H17N3O3. The van der Waals surface area contributed by atoms with Crippen molar-refractivity contribution in [3.05, 3.63) is 80.6 Å². The predicted molar refractivity (Wildman–Crippen MR) is 97.4 cm³/mol. The highest BCUT2D eigenvalue weighted by Crippen LogP contribution is 2.14. The van der Waals surface area contributed by atoms with E-state index in [2.05, 4.69) is 17.0 Å². The second kappa shape index (κ2) is 6.52. The van der Waals surface area contributed by atoms with Crippen LogP contribution in [0.4, 0.5) is 5.69 Å². The van der Waals surface area contributed by atoms with Gasteiger partial charge in [0.2, 0.25) is 0 Å². The number of rotatable bonds is 4. The topological polar surface area (TPSA) is 87.1 Å². The van der Waals surface area contributed by atoms with Gasteiger partial charge >= 0.3 is 5.97 Å². The zero-order valence-corrected chi connectivity index (χ0v) is 13.6. The fourth-order valence-electron chi connectivity index (χ4n) is 2.57. The lowest BCUT2D eigenvalue weighted by atomic mass is 10.2. The standard InChI is InChI=1S/C19H17N3O3/c1-12-7-3-6-10-17(12)22-18(23)15(13(2)21-22)11-20-16-9-5-4-8-14(16)19(24)25/h3-11,20-21H,2H2,1H3,(H,24,25). The molecule has 0 radical (unpaired) electrons.